The van der Waals surface area contributed by atoms with E-state index in [0.29, 0.717) is 11.4 Å². The summed E-state index contributed by atoms with van der Waals surface area (Å²) in [5.74, 6) is 1.90. The summed E-state index contributed by atoms with van der Waals surface area (Å²) in [5.41, 5.74) is 4.81. The summed E-state index contributed by atoms with van der Waals surface area (Å²) in [7, 11) is 1.68. The number of hydrogen-bond acceptors (Lipinski definition) is 6. The number of fused-ring (bicyclic) bond motifs is 4. The normalized spacial score (nSPS) is 17.3. The fourth-order valence-electron chi connectivity index (χ4n) is 4.90. The minimum absolute atomic E-state index is 0.268. The molecule has 1 atom stereocenters. The third-order valence-corrected chi connectivity index (χ3v) is 6.97. The number of aryl methyl sites for hydroxylation is 1. The summed E-state index contributed by atoms with van der Waals surface area (Å²) < 4.78 is 16.2. The number of piperidine rings is 1. The van der Waals surface area contributed by atoms with Crippen LogP contribution in [0.4, 0.5) is 0 Å². The predicted octanol–water partition coefficient (Wildman–Crippen LogP) is 5.31. The monoisotopic (exact) mass is 459 g/mol. The van der Waals surface area contributed by atoms with Crippen LogP contribution in [-0.4, -0.2) is 44.3 Å². The van der Waals surface area contributed by atoms with Crippen molar-refractivity contribution < 1.29 is 9.15 Å². The Hall–Kier alpha value is -3.23. The van der Waals surface area contributed by atoms with Crippen LogP contribution in [0.15, 0.2) is 52.9 Å². The second kappa shape index (κ2) is 7.97. The van der Waals surface area contributed by atoms with Crippen molar-refractivity contribution in [1.29, 1.82) is 0 Å². The summed E-state index contributed by atoms with van der Waals surface area (Å²) in [5, 5.41) is 6.01. The Kier molecular flexibility index (Phi) is 4.92. The van der Waals surface area contributed by atoms with E-state index in [-0.39, 0.29) is 5.92 Å². The number of rotatable bonds is 4. The van der Waals surface area contributed by atoms with Crippen molar-refractivity contribution in [3.8, 4) is 5.75 Å². The molecule has 168 valence electrons. The minimum atomic E-state index is 0.268. The lowest BCUT2D eigenvalue weighted by Crippen LogP contribution is -2.36. The number of nitrogens with zero attached hydrogens (tertiary/aromatic N) is 5. The Balaban J connectivity index is 1.32. The van der Waals surface area contributed by atoms with Crippen molar-refractivity contribution >= 4 is 39.9 Å². The van der Waals surface area contributed by atoms with E-state index in [0.717, 1.165) is 65.2 Å². The molecule has 0 amide bonds. The average molecular weight is 460 g/mol. The molecule has 0 N–H and O–H groups in total. The minimum Gasteiger partial charge on any atom is -0.497 e. The van der Waals surface area contributed by atoms with Crippen molar-refractivity contribution in [2.45, 2.75) is 32.4 Å². The lowest BCUT2D eigenvalue weighted by molar-refractivity contribution is 0.148. The van der Waals surface area contributed by atoms with Crippen LogP contribution in [0.25, 0.3) is 27.6 Å². The van der Waals surface area contributed by atoms with E-state index in [1.807, 2.05) is 45.5 Å². The second-order valence-corrected chi connectivity index (χ2v) is 9.13. The molecule has 2 aromatic carbocycles. The SMILES string of the molecule is COc1ccc2c(C)cc3nn(CN4CCCC(c5nc6ccccc6o5)C4)c(=S)n3c2c1. The standard InChI is InChI=1S/C25H25N5O2S/c1-16-12-23-27-29(25(33)30(23)21-13-18(31-2)9-10-19(16)21)15-28-11-5-6-17(14-28)24-26-20-7-3-4-8-22(20)32-24/h3-4,7-10,12-13,17H,5-6,11,14-15H2,1-2H3. The molecule has 0 radical (unpaired) electrons. The summed E-state index contributed by atoms with van der Waals surface area (Å²) >= 11 is 5.88. The summed E-state index contributed by atoms with van der Waals surface area (Å²) in [6.45, 7) is 4.62. The molecule has 7 nitrogen and oxygen atoms in total. The molecule has 4 heterocycles. The second-order valence-electron chi connectivity index (χ2n) is 8.76. The first-order valence-electron chi connectivity index (χ1n) is 11.3. The van der Waals surface area contributed by atoms with Gasteiger partial charge in [-0.15, -0.1) is 0 Å². The molecule has 1 unspecified atom stereocenters. The first-order chi connectivity index (χ1) is 16.1. The number of oxazole rings is 1. The molecule has 0 saturated carbocycles. The van der Waals surface area contributed by atoms with Crippen molar-refractivity contribution in [2.24, 2.45) is 0 Å². The summed E-state index contributed by atoms with van der Waals surface area (Å²) in [6.07, 6.45) is 2.16. The topological polar surface area (TPSA) is 60.7 Å². The van der Waals surface area contributed by atoms with Crippen molar-refractivity contribution in [1.82, 2.24) is 24.1 Å². The van der Waals surface area contributed by atoms with Crippen molar-refractivity contribution in [3.05, 3.63) is 64.8 Å². The Labute approximate surface area is 196 Å². The highest BCUT2D eigenvalue weighted by molar-refractivity contribution is 7.71. The fourth-order valence-corrected chi connectivity index (χ4v) is 5.19. The first-order valence-corrected chi connectivity index (χ1v) is 11.7. The van der Waals surface area contributed by atoms with E-state index in [1.165, 1.54) is 5.56 Å². The Morgan fingerprint density at radius 1 is 1.18 bits per heavy atom. The molecule has 1 fully saturated rings. The zero-order valence-electron chi connectivity index (χ0n) is 18.7. The summed E-state index contributed by atoms with van der Waals surface area (Å²) in [4.78, 5) is 7.13. The van der Waals surface area contributed by atoms with Crippen molar-refractivity contribution in [2.75, 3.05) is 20.2 Å². The highest BCUT2D eigenvalue weighted by atomic mass is 32.1. The molecule has 0 aliphatic carbocycles. The van der Waals surface area contributed by atoms with Crippen LogP contribution in [0.2, 0.25) is 0 Å². The largest absolute Gasteiger partial charge is 0.497 e. The average Bonchev–Trinajstić information content (AvgIpc) is 3.40. The van der Waals surface area contributed by atoms with E-state index in [4.69, 9.17) is 31.5 Å². The molecule has 6 rings (SSSR count). The quantitative estimate of drug-likeness (QED) is 0.339. The Bertz CT molecular complexity index is 1520. The molecule has 0 bridgehead atoms. The van der Waals surface area contributed by atoms with Crippen LogP contribution in [0, 0.1) is 11.7 Å². The number of likely N-dealkylation sites (tertiary alicyclic amines) is 1. The lowest BCUT2D eigenvalue weighted by Gasteiger charge is -2.30. The van der Waals surface area contributed by atoms with Gasteiger partial charge in [0.15, 0.2) is 17.1 Å². The molecule has 1 aliphatic heterocycles. The van der Waals surface area contributed by atoms with Gasteiger partial charge in [0, 0.05) is 23.9 Å². The number of methoxy groups -OCH3 is 1. The van der Waals surface area contributed by atoms with E-state index in [1.54, 1.807) is 7.11 Å². The van der Waals surface area contributed by atoms with Gasteiger partial charge in [-0.3, -0.25) is 9.30 Å². The number of para-hydroxylation sites is 2. The van der Waals surface area contributed by atoms with Crippen LogP contribution < -0.4 is 4.74 Å². The molecule has 0 spiro atoms. The molecule has 1 saturated heterocycles. The van der Waals surface area contributed by atoms with Crippen LogP contribution in [-0.2, 0) is 6.67 Å². The molecule has 3 aromatic heterocycles. The van der Waals surface area contributed by atoms with Gasteiger partial charge < -0.3 is 9.15 Å². The number of pyridine rings is 1. The molecule has 5 aromatic rings. The van der Waals surface area contributed by atoms with Gasteiger partial charge in [-0.05, 0) is 74.4 Å². The van der Waals surface area contributed by atoms with Gasteiger partial charge in [0.1, 0.15) is 11.3 Å². The van der Waals surface area contributed by atoms with Crippen LogP contribution >= 0.6 is 12.2 Å². The van der Waals surface area contributed by atoms with E-state index in [2.05, 4.69) is 24.0 Å². The molecule has 33 heavy (non-hydrogen) atoms. The number of hydrogen-bond donors (Lipinski definition) is 0. The summed E-state index contributed by atoms with van der Waals surface area (Å²) in [6, 6.07) is 16.1. The Morgan fingerprint density at radius 3 is 2.91 bits per heavy atom. The first kappa shape index (κ1) is 20.4. The van der Waals surface area contributed by atoms with Gasteiger partial charge in [-0.25, -0.2) is 9.67 Å². The number of ether oxygens (including phenoxy) is 1. The molecular formula is C25H25N5O2S. The maximum Gasteiger partial charge on any atom is 0.204 e. The maximum atomic E-state index is 6.06. The maximum absolute atomic E-state index is 6.06. The fraction of sp³-hybridized carbons (Fsp3) is 0.320. The van der Waals surface area contributed by atoms with E-state index >= 15 is 0 Å². The number of benzene rings is 2. The van der Waals surface area contributed by atoms with E-state index < -0.39 is 0 Å². The van der Waals surface area contributed by atoms with Crippen LogP contribution in [0.5, 0.6) is 5.75 Å². The highest BCUT2D eigenvalue weighted by Gasteiger charge is 2.26. The predicted molar refractivity (Wildman–Crippen MR) is 130 cm³/mol. The van der Waals surface area contributed by atoms with Crippen LogP contribution in [0.1, 0.15) is 30.2 Å². The number of aromatic nitrogens is 4. The van der Waals surface area contributed by atoms with Gasteiger partial charge in [-0.1, -0.05) is 12.1 Å². The van der Waals surface area contributed by atoms with Gasteiger partial charge in [0.05, 0.1) is 19.3 Å². The highest BCUT2D eigenvalue weighted by Crippen LogP contribution is 2.30. The van der Waals surface area contributed by atoms with Gasteiger partial charge >= 0.3 is 0 Å². The third kappa shape index (κ3) is 3.50. The van der Waals surface area contributed by atoms with Gasteiger partial charge in [-0.2, -0.15) is 5.10 Å². The van der Waals surface area contributed by atoms with Gasteiger partial charge in [0.2, 0.25) is 4.77 Å². The third-order valence-electron chi connectivity index (χ3n) is 6.58. The zero-order valence-corrected chi connectivity index (χ0v) is 19.5. The van der Waals surface area contributed by atoms with Crippen molar-refractivity contribution in [3.63, 3.8) is 0 Å². The molecule has 1 aliphatic rings. The smallest absolute Gasteiger partial charge is 0.204 e. The van der Waals surface area contributed by atoms with Gasteiger partial charge in [0.25, 0.3) is 0 Å². The Morgan fingerprint density at radius 2 is 2.06 bits per heavy atom. The lowest BCUT2D eigenvalue weighted by atomic mass is 9.98. The van der Waals surface area contributed by atoms with E-state index in [9.17, 15) is 0 Å². The molecular weight excluding hydrogens is 434 g/mol. The zero-order chi connectivity index (χ0) is 22.5. The molecule has 8 heteroatoms. The van der Waals surface area contributed by atoms with Crippen LogP contribution in [0.3, 0.4) is 0 Å².